The van der Waals surface area contributed by atoms with Crippen LogP contribution in [0.4, 0.5) is 0 Å². The van der Waals surface area contributed by atoms with E-state index in [9.17, 15) is 20.4 Å². The zero-order valence-corrected chi connectivity index (χ0v) is 21.0. The Labute approximate surface area is 203 Å². The van der Waals surface area contributed by atoms with Gasteiger partial charge in [0.1, 0.15) is 18.5 Å². The van der Waals surface area contributed by atoms with Gasteiger partial charge in [-0.15, -0.1) is 0 Å². The molecule has 0 spiro atoms. The molecule has 7 heteroatoms. The Morgan fingerprint density at radius 2 is 1.62 bits per heavy atom. The molecule has 0 saturated heterocycles. The molecule has 1 unspecified atom stereocenters. The van der Waals surface area contributed by atoms with Crippen molar-refractivity contribution in [3.05, 3.63) is 65.2 Å². The summed E-state index contributed by atoms with van der Waals surface area (Å²) in [7, 11) is 1.84. The summed E-state index contributed by atoms with van der Waals surface area (Å²) in [5.74, 6) is 0.679. The van der Waals surface area contributed by atoms with Crippen LogP contribution in [0.2, 0.25) is 0 Å². The Balaban J connectivity index is 0.000000287. The van der Waals surface area contributed by atoms with Crippen LogP contribution >= 0.6 is 0 Å². The van der Waals surface area contributed by atoms with E-state index in [1.54, 1.807) is 0 Å². The summed E-state index contributed by atoms with van der Waals surface area (Å²) in [4.78, 5) is 0. The molecule has 7 nitrogen and oxygen atoms in total. The molecule has 0 fully saturated rings. The summed E-state index contributed by atoms with van der Waals surface area (Å²) >= 11 is 0. The number of hydrogen-bond donors (Lipinski definition) is 6. The number of nitrogens with one attached hydrogen (secondary N) is 2. The molecule has 2 aromatic rings. The number of benzene rings is 2. The first-order chi connectivity index (χ1) is 16.0. The smallest absolute Gasteiger partial charge is 0.123 e. The van der Waals surface area contributed by atoms with Crippen LogP contribution in [0, 0.1) is 0 Å². The van der Waals surface area contributed by atoms with Gasteiger partial charge in [-0.05, 0) is 51.9 Å². The molecule has 1 aliphatic rings. The SMILES string of the molecule is CC(C)(C)NCC(O)COc1cccc2c1C[C@H](O)[C@H](O)C2.CN[C@@H](C)[C@@H](O)c1ccccc1. The highest BCUT2D eigenvalue weighted by Gasteiger charge is 2.27. The quantitative estimate of drug-likeness (QED) is 0.347. The number of aliphatic hydroxyl groups is 4. The lowest BCUT2D eigenvalue weighted by atomic mass is 9.87. The van der Waals surface area contributed by atoms with Gasteiger partial charge in [0.25, 0.3) is 0 Å². The van der Waals surface area contributed by atoms with Crippen LogP contribution in [0.3, 0.4) is 0 Å². The predicted molar refractivity (Wildman–Crippen MR) is 135 cm³/mol. The van der Waals surface area contributed by atoms with Gasteiger partial charge in [0.05, 0.1) is 18.3 Å². The summed E-state index contributed by atoms with van der Waals surface area (Å²) in [6, 6.07) is 15.4. The van der Waals surface area contributed by atoms with Crippen molar-refractivity contribution in [2.45, 2.75) is 76.5 Å². The number of likely N-dealkylation sites (N-methyl/N-ethyl adjacent to an activating group) is 1. The maximum absolute atomic E-state index is 10.00. The van der Waals surface area contributed by atoms with E-state index in [0.29, 0.717) is 25.1 Å². The molecule has 190 valence electrons. The number of β-amino-alcohol motifs (C(OH)–C–C–N with tert-alkyl or cyclic N) is 1. The zero-order valence-electron chi connectivity index (χ0n) is 21.0. The third-order valence-electron chi connectivity index (χ3n) is 5.89. The molecule has 6 N–H and O–H groups in total. The Hall–Kier alpha value is -2.00. The number of hydrogen-bond acceptors (Lipinski definition) is 7. The zero-order chi connectivity index (χ0) is 25.3. The van der Waals surface area contributed by atoms with Crippen LogP contribution in [0.25, 0.3) is 0 Å². The second-order valence-electron chi connectivity index (χ2n) is 9.97. The lowest BCUT2D eigenvalue weighted by Crippen LogP contribution is -2.42. The minimum Gasteiger partial charge on any atom is -0.491 e. The number of fused-ring (bicyclic) bond motifs is 1. The van der Waals surface area contributed by atoms with Gasteiger partial charge in [0.2, 0.25) is 0 Å². The maximum Gasteiger partial charge on any atom is 0.123 e. The van der Waals surface area contributed by atoms with Gasteiger partial charge in [-0.2, -0.15) is 0 Å². The minimum atomic E-state index is -0.760. The van der Waals surface area contributed by atoms with Crippen molar-refractivity contribution < 1.29 is 25.2 Å². The number of ether oxygens (including phenoxy) is 1. The topological polar surface area (TPSA) is 114 Å². The summed E-state index contributed by atoms with van der Waals surface area (Å²) < 4.78 is 5.73. The van der Waals surface area contributed by atoms with Crippen molar-refractivity contribution >= 4 is 0 Å². The summed E-state index contributed by atoms with van der Waals surface area (Å²) in [5.41, 5.74) is 2.83. The molecule has 0 heterocycles. The Morgan fingerprint density at radius 3 is 2.24 bits per heavy atom. The molecule has 0 radical (unpaired) electrons. The van der Waals surface area contributed by atoms with Crippen molar-refractivity contribution in [1.29, 1.82) is 0 Å². The van der Waals surface area contributed by atoms with Gasteiger partial charge < -0.3 is 35.8 Å². The fraction of sp³-hybridized carbons (Fsp3) is 0.556. The van der Waals surface area contributed by atoms with Crippen LogP contribution in [-0.4, -0.2) is 70.5 Å². The molecule has 3 rings (SSSR count). The fourth-order valence-corrected chi connectivity index (χ4v) is 3.64. The summed E-state index contributed by atoms with van der Waals surface area (Å²) in [6.07, 6.45) is -1.69. The second kappa shape index (κ2) is 13.2. The van der Waals surface area contributed by atoms with E-state index in [2.05, 4.69) is 10.6 Å². The normalized spacial score (nSPS) is 20.4. The highest BCUT2D eigenvalue weighted by atomic mass is 16.5. The predicted octanol–water partition coefficient (Wildman–Crippen LogP) is 1.96. The molecule has 5 atom stereocenters. The molecular formula is C27H42N2O5. The molecule has 0 aliphatic heterocycles. The van der Waals surface area contributed by atoms with Gasteiger partial charge in [-0.1, -0.05) is 42.5 Å². The first-order valence-electron chi connectivity index (χ1n) is 11.9. The first-order valence-corrected chi connectivity index (χ1v) is 11.9. The minimum absolute atomic E-state index is 0.0485. The maximum atomic E-state index is 10.00. The van der Waals surface area contributed by atoms with Crippen LogP contribution < -0.4 is 15.4 Å². The molecule has 2 aromatic carbocycles. The number of rotatable bonds is 8. The van der Waals surface area contributed by atoms with Crippen molar-refractivity contribution in [1.82, 2.24) is 10.6 Å². The van der Waals surface area contributed by atoms with Crippen molar-refractivity contribution in [3.8, 4) is 5.75 Å². The fourth-order valence-electron chi connectivity index (χ4n) is 3.64. The third kappa shape index (κ3) is 8.98. The summed E-state index contributed by atoms with van der Waals surface area (Å²) in [6.45, 7) is 8.73. The third-order valence-corrected chi connectivity index (χ3v) is 5.89. The Kier molecular flexibility index (Phi) is 11.0. The molecule has 0 amide bonds. The average molecular weight is 475 g/mol. The van der Waals surface area contributed by atoms with Crippen LogP contribution in [0.5, 0.6) is 5.75 Å². The average Bonchev–Trinajstić information content (AvgIpc) is 2.81. The monoisotopic (exact) mass is 474 g/mol. The molecule has 0 saturated carbocycles. The highest BCUT2D eigenvalue weighted by molar-refractivity contribution is 5.43. The largest absolute Gasteiger partial charge is 0.491 e. The number of aliphatic hydroxyl groups excluding tert-OH is 4. The lowest BCUT2D eigenvalue weighted by molar-refractivity contribution is 0.0132. The van der Waals surface area contributed by atoms with E-state index in [4.69, 9.17) is 4.74 Å². The van der Waals surface area contributed by atoms with Crippen molar-refractivity contribution in [3.63, 3.8) is 0 Å². The Morgan fingerprint density at radius 1 is 0.971 bits per heavy atom. The van der Waals surface area contributed by atoms with Gasteiger partial charge in [0, 0.05) is 36.5 Å². The van der Waals surface area contributed by atoms with Gasteiger partial charge in [0.15, 0.2) is 0 Å². The van der Waals surface area contributed by atoms with Gasteiger partial charge in [-0.3, -0.25) is 0 Å². The van der Waals surface area contributed by atoms with Crippen LogP contribution in [0.1, 0.15) is 50.5 Å². The molecule has 34 heavy (non-hydrogen) atoms. The first kappa shape index (κ1) is 28.2. The van der Waals surface area contributed by atoms with E-state index >= 15 is 0 Å². The molecule has 0 bridgehead atoms. The molecular weight excluding hydrogens is 432 g/mol. The lowest BCUT2D eigenvalue weighted by Gasteiger charge is -2.28. The second-order valence-corrected chi connectivity index (χ2v) is 9.97. The van der Waals surface area contributed by atoms with E-state index in [1.165, 1.54) is 0 Å². The molecule has 1 aliphatic carbocycles. The van der Waals surface area contributed by atoms with Crippen LogP contribution in [-0.2, 0) is 12.8 Å². The Bertz CT molecular complexity index is 856. The van der Waals surface area contributed by atoms with Crippen molar-refractivity contribution in [2.75, 3.05) is 20.2 Å². The highest BCUT2D eigenvalue weighted by Crippen LogP contribution is 2.30. The van der Waals surface area contributed by atoms with Gasteiger partial charge in [-0.25, -0.2) is 0 Å². The van der Waals surface area contributed by atoms with E-state index in [1.807, 2.05) is 83.3 Å². The van der Waals surface area contributed by atoms with Crippen molar-refractivity contribution in [2.24, 2.45) is 0 Å². The van der Waals surface area contributed by atoms with Gasteiger partial charge >= 0.3 is 0 Å². The van der Waals surface area contributed by atoms with E-state index in [-0.39, 0.29) is 18.2 Å². The van der Waals surface area contributed by atoms with E-state index in [0.717, 1.165) is 16.7 Å². The summed E-state index contributed by atoms with van der Waals surface area (Å²) in [5, 5.41) is 45.5. The van der Waals surface area contributed by atoms with Crippen LogP contribution in [0.15, 0.2) is 48.5 Å². The van der Waals surface area contributed by atoms with E-state index < -0.39 is 24.4 Å². The molecule has 0 aromatic heterocycles. The standard InChI is InChI=1S/C17H27NO4.C10H15NO/c1-17(2,3)18-9-12(19)10-22-16-6-4-5-11-7-14(20)15(21)8-13(11)16;1-8(11-2)10(12)9-6-4-3-5-7-9/h4-6,12,14-15,18-21H,7-10H2,1-3H3;3-8,10-12H,1-2H3/t12?,14-,15+;8-,10+/m10/s1.